The van der Waals surface area contributed by atoms with Crippen LogP contribution < -0.4 is 0 Å². The number of thiophene rings is 1. The van der Waals surface area contributed by atoms with E-state index in [0.717, 1.165) is 35.9 Å². The Labute approximate surface area is 146 Å². The lowest BCUT2D eigenvalue weighted by molar-refractivity contribution is 0.0657. The third-order valence-corrected chi connectivity index (χ3v) is 6.29. The van der Waals surface area contributed by atoms with E-state index in [0.29, 0.717) is 0 Å². The largest absolute Gasteiger partial charge is 0.358 e. The highest BCUT2D eigenvalue weighted by molar-refractivity contribution is 7.10. The summed E-state index contributed by atoms with van der Waals surface area (Å²) in [6, 6.07) is 8.43. The van der Waals surface area contributed by atoms with E-state index in [-0.39, 0.29) is 11.9 Å². The molecule has 0 saturated carbocycles. The van der Waals surface area contributed by atoms with Gasteiger partial charge in [-0.2, -0.15) is 0 Å². The first kappa shape index (κ1) is 15.5. The topological polar surface area (TPSA) is 36.1 Å². The molecule has 24 heavy (non-hydrogen) atoms. The molecule has 1 aromatic carbocycles. The first-order chi connectivity index (χ1) is 11.6. The van der Waals surface area contributed by atoms with Gasteiger partial charge in [0.2, 0.25) is 0 Å². The van der Waals surface area contributed by atoms with Crippen LogP contribution in [0.4, 0.5) is 0 Å². The van der Waals surface area contributed by atoms with Crippen LogP contribution >= 0.6 is 11.3 Å². The van der Waals surface area contributed by atoms with Gasteiger partial charge in [-0.05, 0) is 67.5 Å². The predicted molar refractivity (Wildman–Crippen MR) is 99.9 cm³/mol. The standard InChI is InChI=1S/C20H22N2OS/c1-4-18-15-8-10-24-19(15)7-9-22(18)20(23)14-5-6-17-16(11-14)12(2)13(3)21-17/h5-6,8,10-11,18,21H,4,7,9H2,1-3H3. The minimum atomic E-state index is 0.152. The van der Waals surface area contributed by atoms with Crippen molar-refractivity contribution < 1.29 is 4.79 Å². The van der Waals surface area contributed by atoms with Crippen molar-refractivity contribution in [2.75, 3.05) is 6.54 Å². The van der Waals surface area contributed by atoms with E-state index in [2.05, 4.69) is 42.1 Å². The fourth-order valence-electron chi connectivity index (χ4n) is 3.84. The van der Waals surface area contributed by atoms with Crippen LogP contribution in [0, 0.1) is 13.8 Å². The number of nitrogens with one attached hydrogen (secondary N) is 1. The van der Waals surface area contributed by atoms with E-state index in [4.69, 9.17) is 0 Å². The summed E-state index contributed by atoms with van der Waals surface area (Å²) in [6.45, 7) is 7.16. The maximum absolute atomic E-state index is 13.2. The Balaban J connectivity index is 1.72. The number of nitrogens with zero attached hydrogens (tertiary/aromatic N) is 1. The average molecular weight is 338 g/mol. The number of carbonyl (C=O) groups excluding carboxylic acids is 1. The molecule has 2 aromatic heterocycles. The van der Waals surface area contributed by atoms with Crippen LogP contribution in [0.3, 0.4) is 0 Å². The lowest BCUT2D eigenvalue weighted by atomic mass is 9.96. The summed E-state index contributed by atoms with van der Waals surface area (Å²) in [5, 5.41) is 3.30. The van der Waals surface area contributed by atoms with Crippen LogP contribution in [0.5, 0.6) is 0 Å². The molecule has 1 aliphatic heterocycles. The Hall–Kier alpha value is -2.07. The highest BCUT2D eigenvalue weighted by Crippen LogP contribution is 2.36. The second-order valence-electron chi connectivity index (χ2n) is 6.61. The summed E-state index contributed by atoms with van der Waals surface area (Å²) in [7, 11) is 0. The number of hydrogen-bond acceptors (Lipinski definition) is 2. The molecule has 1 atom stereocenters. The van der Waals surface area contributed by atoms with Crippen molar-refractivity contribution in [2.45, 2.75) is 39.7 Å². The number of hydrogen-bond donors (Lipinski definition) is 1. The number of rotatable bonds is 2. The summed E-state index contributed by atoms with van der Waals surface area (Å²) in [5.74, 6) is 0.152. The molecule has 0 bridgehead atoms. The quantitative estimate of drug-likeness (QED) is 0.701. The summed E-state index contributed by atoms with van der Waals surface area (Å²) >= 11 is 1.82. The van der Waals surface area contributed by atoms with Crippen molar-refractivity contribution >= 4 is 28.1 Å². The second kappa shape index (κ2) is 5.78. The molecule has 3 aromatic rings. The van der Waals surface area contributed by atoms with Crippen molar-refractivity contribution in [3.8, 4) is 0 Å². The summed E-state index contributed by atoms with van der Waals surface area (Å²) < 4.78 is 0. The molecule has 4 heteroatoms. The summed E-state index contributed by atoms with van der Waals surface area (Å²) in [4.78, 5) is 20.1. The van der Waals surface area contributed by atoms with E-state index >= 15 is 0 Å². The van der Waals surface area contributed by atoms with Gasteiger partial charge in [0, 0.05) is 33.6 Å². The number of benzene rings is 1. The van der Waals surface area contributed by atoms with Crippen molar-refractivity contribution in [2.24, 2.45) is 0 Å². The molecule has 4 rings (SSSR count). The Morgan fingerprint density at radius 1 is 1.33 bits per heavy atom. The minimum Gasteiger partial charge on any atom is -0.358 e. The zero-order valence-electron chi connectivity index (χ0n) is 14.3. The van der Waals surface area contributed by atoms with Gasteiger partial charge >= 0.3 is 0 Å². The molecular weight excluding hydrogens is 316 g/mol. The number of aromatic amines is 1. The van der Waals surface area contributed by atoms with E-state index in [9.17, 15) is 4.79 Å². The Kier molecular flexibility index (Phi) is 3.72. The molecule has 0 fully saturated rings. The fourth-order valence-corrected chi connectivity index (χ4v) is 4.77. The normalized spacial score (nSPS) is 17.3. The molecule has 1 N–H and O–H groups in total. The molecular formula is C20H22N2OS. The highest BCUT2D eigenvalue weighted by atomic mass is 32.1. The average Bonchev–Trinajstić information content (AvgIpc) is 3.18. The van der Waals surface area contributed by atoms with Crippen LogP contribution in [-0.2, 0) is 6.42 Å². The Morgan fingerprint density at radius 3 is 2.96 bits per heavy atom. The van der Waals surface area contributed by atoms with Gasteiger partial charge in [0.05, 0.1) is 6.04 Å². The number of aryl methyl sites for hydroxylation is 2. The lowest BCUT2D eigenvalue weighted by Gasteiger charge is -2.35. The van der Waals surface area contributed by atoms with Gasteiger partial charge in [-0.3, -0.25) is 4.79 Å². The second-order valence-corrected chi connectivity index (χ2v) is 7.61. The molecule has 0 radical (unpaired) electrons. The molecule has 1 amide bonds. The smallest absolute Gasteiger partial charge is 0.254 e. The summed E-state index contributed by atoms with van der Waals surface area (Å²) in [5.41, 5.74) is 5.64. The molecule has 124 valence electrons. The van der Waals surface area contributed by atoms with Gasteiger partial charge < -0.3 is 9.88 Å². The first-order valence-corrected chi connectivity index (χ1v) is 9.44. The molecule has 3 nitrogen and oxygen atoms in total. The molecule has 1 unspecified atom stereocenters. The van der Waals surface area contributed by atoms with Crippen LogP contribution in [0.1, 0.15) is 51.4 Å². The minimum absolute atomic E-state index is 0.152. The Bertz CT molecular complexity index is 921. The maximum Gasteiger partial charge on any atom is 0.254 e. The van der Waals surface area contributed by atoms with E-state index < -0.39 is 0 Å². The monoisotopic (exact) mass is 338 g/mol. The van der Waals surface area contributed by atoms with E-state index in [1.165, 1.54) is 21.7 Å². The summed E-state index contributed by atoms with van der Waals surface area (Å²) in [6.07, 6.45) is 1.93. The van der Waals surface area contributed by atoms with Crippen LogP contribution in [0.25, 0.3) is 10.9 Å². The van der Waals surface area contributed by atoms with Crippen molar-refractivity contribution in [1.82, 2.24) is 9.88 Å². The molecule has 3 heterocycles. The van der Waals surface area contributed by atoms with Gasteiger partial charge in [0.25, 0.3) is 5.91 Å². The number of fused-ring (bicyclic) bond motifs is 2. The molecule has 0 spiro atoms. The lowest BCUT2D eigenvalue weighted by Crippen LogP contribution is -2.39. The number of H-pyrrole nitrogens is 1. The third kappa shape index (κ3) is 2.28. The third-order valence-electron chi connectivity index (χ3n) is 5.30. The number of amides is 1. The predicted octanol–water partition coefficient (Wildman–Crippen LogP) is 5.00. The van der Waals surface area contributed by atoms with Gasteiger partial charge in [0.15, 0.2) is 0 Å². The Morgan fingerprint density at radius 2 is 2.17 bits per heavy atom. The van der Waals surface area contributed by atoms with Gasteiger partial charge in [-0.25, -0.2) is 0 Å². The van der Waals surface area contributed by atoms with Crippen LogP contribution in [0.2, 0.25) is 0 Å². The number of aromatic nitrogens is 1. The molecule has 0 saturated heterocycles. The van der Waals surface area contributed by atoms with E-state index in [1.54, 1.807) is 0 Å². The van der Waals surface area contributed by atoms with E-state index in [1.807, 2.05) is 29.5 Å². The number of carbonyl (C=O) groups is 1. The molecule has 0 aliphatic carbocycles. The van der Waals surface area contributed by atoms with Gasteiger partial charge in [-0.15, -0.1) is 11.3 Å². The highest BCUT2D eigenvalue weighted by Gasteiger charge is 2.31. The van der Waals surface area contributed by atoms with Crippen molar-refractivity contribution in [3.05, 3.63) is 56.9 Å². The van der Waals surface area contributed by atoms with Crippen molar-refractivity contribution in [3.63, 3.8) is 0 Å². The van der Waals surface area contributed by atoms with Crippen LogP contribution in [-0.4, -0.2) is 22.3 Å². The first-order valence-electron chi connectivity index (χ1n) is 8.56. The fraction of sp³-hybridized carbons (Fsp3) is 0.350. The molecule has 1 aliphatic rings. The van der Waals surface area contributed by atoms with Crippen molar-refractivity contribution in [1.29, 1.82) is 0 Å². The van der Waals surface area contributed by atoms with Gasteiger partial charge in [-0.1, -0.05) is 6.92 Å². The zero-order chi connectivity index (χ0) is 16.8. The zero-order valence-corrected chi connectivity index (χ0v) is 15.2. The van der Waals surface area contributed by atoms with Gasteiger partial charge in [0.1, 0.15) is 0 Å². The SMILES string of the molecule is CCC1c2ccsc2CCN1C(=O)c1ccc2[nH]c(C)c(C)c2c1. The van der Waals surface area contributed by atoms with Crippen LogP contribution in [0.15, 0.2) is 29.6 Å². The maximum atomic E-state index is 13.2.